The Morgan fingerprint density at radius 3 is 1.98 bits per heavy atom. The SMILES string of the molecule is COc1cc(-c2[o+]c3cc(O)cc(O[C@@H]4O[C@H](COC(C)=O)[C@H](O)[C@H](O)[C@H]4O)c3cc2O[C@@H]2O[C@H](CO)[C@H](O)[C@H](O)[C@H]2O)cc(O)c1O. The lowest BCUT2D eigenvalue weighted by Gasteiger charge is -2.40. The zero-order valence-electron chi connectivity index (χ0n) is 25.3. The number of aliphatic hydroxyl groups is 7. The predicted molar refractivity (Wildman–Crippen MR) is 156 cm³/mol. The topological polar surface area (TPSA) is 286 Å². The molecular formula is C30H35O18+. The molecule has 2 aliphatic heterocycles. The van der Waals surface area contributed by atoms with Crippen molar-refractivity contribution in [1.29, 1.82) is 0 Å². The first-order valence-corrected chi connectivity index (χ1v) is 14.4. The van der Waals surface area contributed by atoms with Gasteiger partial charge in [0, 0.05) is 31.2 Å². The number of rotatable bonds is 9. The molecule has 262 valence electrons. The molecule has 18 nitrogen and oxygen atoms in total. The third kappa shape index (κ3) is 6.83. The van der Waals surface area contributed by atoms with Crippen molar-refractivity contribution >= 4 is 16.9 Å². The second kappa shape index (κ2) is 14.1. The number of esters is 1. The minimum absolute atomic E-state index is 0.000876. The van der Waals surface area contributed by atoms with E-state index in [4.69, 9.17) is 32.8 Å². The smallest absolute Gasteiger partial charge is 0.402 e. The summed E-state index contributed by atoms with van der Waals surface area (Å²) in [5.41, 5.74) is -0.0964. The Balaban J connectivity index is 1.61. The minimum atomic E-state index is -1.86. The molecule has 2 fully saturated rings. The molecule has 10 atom stereocenters. The molecule has 0 saturated carbocycles. The van der Waals surface area contributed by atoms with Gasteiger partial charge >= 0.3 is 17.3 Å². The number of carbonyl (C=O) groups excluding carboxylic acids is 1. The molecule has 0 aliphatic carbocycles. The molecule has 5 rings (SSSR count). The number of benzene rings is 2. The molecule has 0 unspecified atom stereocenters. The number of hydrogen-bond acceptors (Lipinski definition) is 17. The van der Waals surface area contributed by atoms with Crippen molar-refractivity contribution in [2.24, 2.45) is 0 Å². The number of ether oxygens (including phenoxy) is 6. The summed E-state index contributed by atoms with van der Waals surface area (Å²) >= 11 is 0. The summed E-state index contributed by atoms with van der Waals surface area (Å²) < 4.78 is 38.8. The maximum absolute atomic E-state index is 11.3. The second-order valence-electron chi connectivity index (χ2n) is 11.1. The van der Waals surface area contributed by atoms with Crippen LogP contribution >= 0.6 is 0 Å². The highest BCUT2D eigenvalue weighted by molar-refractivity contribution is 5.89. The van der Waals surface area contributed by atoms with E-state index in [-0.39, 0.29) is 39.5 Å². The van der Waals surface area contributed by atoms with E-state index < -0.39 is 97.8 Å². The highest BCUT2D eigenvalue weighted by atomic mass is 16.7. The first kappa shape index (κ1) is 35.1. The lowest BCUT2D eigenvalue weighted by Crippen LogP contribution is -2.60. The Hall–Kier alpha value is -4.24. The van der Waals surface area contributed by atoms with Crippen LogP contribution in [0.5, 0.6) is 34.5 Å². The third-order valence-electron chi connectivity index (χ3n) is 7.79. The number of fused-ring (bicyclic) bond motifs is 1. The molecule has 2 aliphatic rings. The Labute approximate surface area is 270 Å². The number of phenols is 3. The third-order valence-corrected chi connectivity index (χ3v) is 7.79. The molecule has 3 heterocycles. The zero-order valence-corrected chi connectivity index (χ0v) is 25.3. The monoisotopic (exact) mass is 683 g/mol. The molecule has 1 aromatic heterocycles. The van der Waals surface area contributed by atoms with Crippen LogP contribution in [0.15, 0.2) is 34.7 Å². The quantitative estimate of drug-likeness (QED) is 0.0693. The number of aromatic hydroxyl groups is 3. The van der Waals surface area contributed by atoms with Crippen LogP contribution in [-0.2, 0) is 19.0 Å². The maximum Gasteiger partial charge on any atom is 0.402 e. The van der Waals surface area contributed by atoms with E-state index in [0.29, 0.717) is 0 Å². The van der Waals surface area contributed by atoms with Gasteiger partial charge in [0.05, 0.1) is 25.3 Å². The molecular weight excluding hydrogens is 648 g/mol. The maximum atomic E-state index is 11.3. The standard InChI is InChI=1S/C30H34O18/c1-10(32)43-9-20-23(37)25(39)27(41)29(48-20)45-16-6-12(33)5-15-13(16)7-18(46-30-26(40)24(38)22(36)19(8-31)47-30)28(44-15)11-3-14(34)21(35)17(4-11)42-2/h3-7,19-20,22-27,29-31,36-41H,8-9H2,1-2H3,(H2-,33,34,35)/p+1/t19-,20-,22+,23+,24+,25+,26-,27-,29-,30-/m1/s1. The van der Waals surface area contributed by atoms with Crippen molar-refractivity contribution in [2.75, 3.05) is 20.3 Å². The summed E-state index contributed by atoms with van der Waals surface area (Å²) in [5, 5.41) is 103. The van der Waals surface area contributed by atoms with Gasteiger partial charge in [-0.2, -0.15) is 0 Å². The Morgan fingerprint density at radius 2 is 1.38 bits per heavy atom. The molecule has 3 aromatic rings. The van der Waals surface area contributed by atoms with Gasteiger partial charge in [0.1, 0.15) is 72.3 Å². The Bertz CT molecular complexity index is 1630. The van der Waals surface area contributed by atoms with E-state index in [2.05, 4.69) is 0 Å². The predicted octanol–water partition coefficient (Wildman–Crippen LogP) is -1.57. The molecule has 48 heavy (non-hydrogen) atoms. The lowest BCUT2D eigenvalue weighted by molar-refractivity contribution is -0.278. The van der Waals surface area contributed by atoms with Crippen molar-refractivity contribution < 1.29 is 88.7 Å². The van der Waals surface area contributed by atoms with Gasteiger partial charge in [-0.15, -0.1) is 0 Å². The van der Waals surface area contributed by atoms with Crippen LogP contribution < -0.4 is 14.2 Å². The number of methoxy groups -OCH3 is 1. The first-order chi connectivity index (χ1) is 22.7. The number of phenolic OH excluding ortho intramolecular Hbond substituents is 3. The van der Waals surface area contributed by atoms with Gasteiger partial charge in [-0.1, -0.05) is 0 Å². The fourth-order valence-corrected chi connectivity index (χ4v) is 5.20. The van der Waals surface area contributed by atoms with Crippen LogP contribution in [0.4, 0.5) is 0 Å². The van der Waals surface area contributed by atoms with E-state index in [1.165, 1.54) is 19.2 Å². The zero-order chi connectivity index (χ0) is 35.0. The molecule has 0 spiro atoms. The van der Waals surface area contributed by atoms with Gasteiger partial charge in [-0.3, -0.25) is 4.79 Å². The van der Waals surface area contributed by atoms with E-state index in [9.17, 15) is 55.9 Å². The second-order valence-corrected chi connectivity index (χ2v) is 11.1. The molecule has 0 amide bonds. The van der Waals surface area contributed by atoms with Crippen LogP contribution in [0.3, 0.4) is 0 Å². The van der Waals surface area contributed by atoms with Crippen LogP contribution in [0, 0.1) is 0 Å². The van der Waals surface area contributed by atoms with Gasteiger partial charge in [0.15, 0.2) is 11.5 Å². The largest absolute Gasteiger partial charge is 0.507 e. The Kier molecular flexibility index (Phi) is 10.3. The summed E-state index contributed by atoms with van der Waals surface area (Å²) in [5.74, 6) is -3.31. The van der Waals surface area contributed by atoms with Crippen molar-refractivity contribution in [3.8, 4) is 45.8 Å². The summed E-state index contributed by atoms with van der Waals surface area (Å²) in [6, 6.07) is 5.81. The number of carbonyl (C=O) groups is 1. The average molecular weight is 684 g/mol. The molecule has 0 radical (unpaired) electrons. The van der Waals surface area contributed by atoms with Gasteiger partial charge in [0.25, 0.3) is 0 Å². The van der Waals surface area contributed by atoms with Crippen LogP contribution in [-0.4, -0.2) is 139 Å². The summed E-state index contributed by atoms with van der Waals surface area (Å²) in [4.78, 5) is 11.3. The van der Waals surface area contributed by atoms with Gasteiger partial charge in [0.2, 0.25) is 24.1 Å². The number of aliphatic hydroxyl groups excluding tert-OH is 7. The Morgan fingerprint density at radius 1 is 0.771 bits per heavy atom. The molecule has 2 saturated heterocycles. The van der Waals surface area contributed by atoms with E-state index in [1.807, 2.05) is 0 Å². The van der Waals surface area contributed by atoms with E-state index >= 15 is 0 Å². The van der Waals surface area contributed by atoms with Crippen LogP contribution in [0.2, 0.25) is 0 Å². The number of hydrogen-bond donors (Lipinski definition) is 10. The van der Waals surface area contributed by atoms with Crippen molar-refractivity contribution in [1.82, 2.24) is 0 Å². The molecule has 18 heteroatoms. The van der Waals surface area contributed by atoms with Crippen molar-refractivity contribution in [3.05, 3.63) is 30.3 Å². The van der Waals surface area contributed by atoms with Crippen molar-refractivity contribution in [2.45, 2.75) is 68.3 Å². The van der Waals surface area contributed by atoms with Gasteiger partial charge < -0.3 is 79.5 Å². The first-order valence-electron chi connectivity index (χ1n) is 14.4. The van der Waals surface area contributed by atoms with Gasteiger partial charge in [-0.25, -0.2) is 4.42 Å². The van der Waals surface area contributed by atoms with Crippen LogP contribution in [0.1, 0.15) is 6.92 Å². The highest BCUT2D eigenvalue weighted by Crippen LogP contribution is 2.45. The normalized spacial score (nSPS) is 30.5. The van der Waals surface area contributed by atoms with E-state index in [0.717, 1.165) is 25.1 Å². The van der Waals surface area contributed by atoms with E-state index in [1.54, 1.807) is 0 Å². The van der Waals surface area contributed by atoms with Gasteiger partial charge in [-0.05, 0) is 0 Å². The summed E-state index contributed by atoms with van der Waals surface area (Å²) in [6.45, 7) is -0.146. The minimum Gasteiger partial charge on any atom is -0.507 e. The summed E-state index contributed by atoms with van der Waals surface area (Å²) in [6.07, 6.45) is -16.8. The molecule has 2 aromatic carbocycles. The average Bonchev–Trinajstić information content (AvgIpc) is 3.05. The van der Waals surface area contributed by atoms with Crippen LogP contribution in [0.25, 0.3) is 22.3 Å². The fraction of sp³-hybridized carbons (Fsp3) is 0.467. The molecule has 10 N–H and O–H groups in total. The highest BCUT2D eigenvalue weighted by Gasteiger charge is 2.47. The lowest BCUT2D eigenvalue weighted by atomic mass is 9.99. The molecule has 0 bridgehead atoms. The fourth-order valence-electron chi connectivity index (χ4n) is 5.20. The summed E-state index contributed by atoms with van der Waals surface area (Å²) in [7, 11) is 1.22. The van der Waals surface area contributed by atoms with Crippen molar-refractivity contribution in [3.63, 3.8) is 0 Å².